The van der Waals surface area contributed by atoms with Crippen molar-refractivity contribution in [2.75, 3.05) is 6.54 Å². The highest BCUT2D eigenvalue weighted by atomic mass is 32.2. The van der Waals surface area contributed by atoms with Gasteiger partial charge in [0.05, 0.1) is 6.04 Å². The van der Waals surface area contributed by atoms with Crippen LogP contribution >= 0.6 is 11.8 Å². The minimum absolute atomic E-state index is 0.498. The number of fused-ring (bicyclic) bond motifs is 1. The molecule has 0 aliphatic carbocycles. The average Bonchev–Trinajstić information content (AvgIpc) is 2.22. The second kappa shape index (κ2) is 1.77. The van der Waals surface area contributed by atoms with Crippen LogP contribution in [0.4, 0.5) is 0 Å². The van der Waals surface area contributed by atoms with Crippen LogP contribution in [0.2, 0.25) is 0 Å². The molecule has 1 atom stereocenters. The van der Waals surface area contributed by atoms with E-state index in [1.807, 2.05) is 0 Å². The van der Waals surface area contributed by atoms with Crippen molar-refractivity contribution >= 4 is 16.9 Å². The summed E-state index contributed by atoms with van der Waals surface area (Å²) in [7, 11) is 0. The van der Waals surface area contributed by atoms with Crippen LogP contribution in [-0.4, -0.2) is 22.7 Å². The van der Waals surface area contributed by atoms with Gasteiger partial charge in [-0.05, 0) is 12.3 Å². The summed E-state index contributed by atoms with van der Waals surface area (Å²) >= 11 is 1.71. The highest BCUT2D eigenvalue weighted by molar-refractivity contribution is 8.16. The first-order valence-electron chi connectivity index (χ1n) is 3.04. The van der Waals surface area contributed by atoms with Gasteiger partial charge in [-0.25, -0.2) is 0 Å². The zero-order chi connectivity index (χ0) is 6.27. The molecule has 0 bridgehead atoms. The lowest BCUT2D eigenvalue weighted by Gasteiger charge is -2.06. The predicted octanol–water partition coefficient (Wildman–Crippen LogP) is 1.26. The molecule has 0 saturated carbocycles. The number of aliphatic imine (C=N–C) groups is 1. The van der Waals surface area contributed by atoms with Crippen LogP contribution in [0.5, 0.6) is 0 Å². The predicted molar refractivity (Wildman–Crippen MR) is 40.3 cm³/mol. The summed E-state index contributed by atoms with van der Waals surface area (Å²) in [6.07, 6.45) is 2.09. The third kappa shape index (κ3) is 0.758. The van der Waals surface area contributed by atoms with Gasteiger partial charge in [-0.2, -0.15) is 0 Å². The fourth-order valence-corrected chi connectivity index (χ4v) is 1.89. The minimum atomic E-state index is 0.498. The van der Waals surface area contributed by atoms with Crippen LogP contribution in [0.1, 0.15) is 6.92 Å². The van der Waals surface area contributed by atoms with Gasteiger partial charge in [0.1, 0.15) is 0 Å². The Balaban J connectivity index is 2.23. The topological polar surface area (TPSA) is 15.6 Å². The van der Waals surface area contributed by atoms with Gasteiger partial charge in [-0.1, -0.05) is 11.8 Å². The van der Waals surface area contributed by atoms with Crippen LogP contribution in [0.15, 0.2) is 16.6 Å². The molecule has 2 nitrogen and oxygen atoms in total. The lowest BCUT2D eigenvalue weighted by Crippen LogP contribution is -2.17. The molecule has 0 amide bonds. The smallest absolute Gasteiger partial charge is 0.168 e. The first-order valence-corrected chi connectivity index (χ1v) is 3.92. The van der Waals surface area contributed by atoms with Crippen LogP contribution in [0, 0.1) is 0 Å². The summed E-state index contributed by atoms with van der Waals surface area (Å²) < 4.78 is 0. The lowest BCUT2D eigenvalue weighted by atomic mass is 10.4. The van der Waals surface area contributed by atoms with E-state index in [0.29, 0.717) is 6.04 Å². The Morgan fingerprint density at radius 3 is 3.56 bits per heavy atom. The molecular formula is C6H8N2S. The zero-order valence-electron chi connectivity index (χ0n) is 5.24. The maximum atomic E-state index is 4.39. The summed E-state index contributed by atoms with van der Waals surface area (Å²) in [5, 5.41) is 3.24. The van der Waals surface area contributed by atoms with E-state index >= 15 is 0 Å². The van der Waals surface area contributed by atoms with E-state index in [0.717, 1.165) is 6.54 Å². The molecule has 0 aromatic carbocycles. The number of hydrogen-bond acceptors (Lipinski definition) is 3. The van der Waals surface area contributed by atoms with Gasteiger partial charge in [0.15, 0.2) is 5.17 Å². The first-order chi connectivity index (χ1) is 4.36. The number of nitrogens with zero attached hydrogens (tertiary/aromatic N) is 2. The van der Waals surface area contributed by atoms with E-state index in [-0.39, 0.29) is 0 Å². The minimum Gasteiger partial charge on any atom is -0.325 e. The van der Waals surface area contributed by atoms with Gasteiger partial charge in [0, 0.05) is 12.7 Å². The van der Waals surface area contributed by atoms with Gasteiger partial charge in [-0.3, -0.25) is 4.99 Å². The van der Waals surface area contributed by atoms with Crippen LogP contribution in [0.3, 0.4) is 0 Å². The van der Waals surface area contributed by atoms with Crippen molar-refractivity contribution in [1.82, 2.24) is 4.90 Å². The van der Waals surface area contributed by atoms with Crippen molar-refractivity contribution in [3.63, 3.8) is 0 Å². The largest absolute Gasteiger partial charge is 0.325 e. The molecule has 1 unspecified atom stereocenters. The van der Waals surface area contributed by atoms with E-state index in [1.54, 1.807) is 11.8 Å². The normalized spacial score (nSPS) is 31.0. The molecule has 48 valence electrons. The van der Waals surface area contributed by atoms with Crippen molar-refractivity contribution in [3.8, 4) is 0 Å². The summed E-state index contributed by atoms with van der Waals surface area (Å²) in [6, 6.07) is 0.498. The highest BCUT2D eigenvalue weighted by Gasteiger charge is 2.22. The molecule has 0 fully saturated rings. The first kappa shape index (κ1) is 5.35. The fraction of sp³-hybridized carbons (Fsp3) is 0.500. The Bertz CT molecular complexity index is 185. The molecule has 2 rings (SSSR count). The Kier molecular flexibility index (Phi) is 1.05. The third-order valence-corrected chi connectivity index (χ3v) is 2.26. The van der Waals surface area contributed by atoms with Crippen molar-refractivity contribution in [1.29, 1.82) is 0 Å². The lowest BCUT2D eigenvalue weighted by molar-refractivity contribution is 0.566. The van der Waals surface area contributed by atoms with Gasteiger partial charge in [-0.15, -0.1) is 0 Å². The standard InChI is InChI=1S/C6H8N2S/c1-5-4-8-2-3-9-6(8)7-5/h2-3,5H,4H2,1H3. The van der Waals surface area contributed by atoms with Crippen molar-refractivity contribution in [3.05, 3.63) is 11.6 Å². The van der Waals surface area contributed by atoms with Gasteiger partial charge < -0.3 is 4.90 Å². The van der Waals surface area contributed by atoms with E-state index < -0.39 is 0 Å². The SMILES string of the molecule is CC1CN2C=CSC2=N1. The Labute approximate surface area is 58.6 Å². The third-order valence-electron chi connectivity index (χ3n) is 1.45. The van der Waals surface area contributed by atoms with E-state index in [2.05, 4.69) is 28.4 Å². The molecule has 0 spiro atoms. The van der Waals surface area contributed by atoms with E-state index in [9.17, 15) is 0 Å². The zero-order valence-corrected chi connectivity index (χ0v) is 6.06. The van der Waals surface area contributed by atoms with E-state index in [1.165, 1.54) is 5.17 Å². The number of rotatable bonds is 0. The van der Waals surface area contributed by atoms with Crippen molar-refractivity contribution in [2.45, 2.75) is 13.0 Å². The fourth-order valence-electron chi connectivity index (χ4n) is 1.05. The van der Waals surface area contributed by atoms with Crippen LogP contribution < -0.4 is 0 Å². The van der Waals surface area contributed by atoms with Gasteiger partial charge in [0.2, 0.25) is 0 Å². The molecule has 0 N–H and O–H groups in total. The molecule has 3 heteroatoms. The highest BCUT2D eigenvalue weighted by Crippen LogP contribution is 2.24. The molecule has 0 saturated heterocycles. The maximum Gasteiger partial charge on any atom is 0.168 e. The van der Waals surface area contributed by atoms with E-state index in [4.69, 9.17) is 0 Å². The number of amidine groups is 1. The monoisotopic (exact) mass is 140 g/mol. The summed E-state index contributed by atoms with van der Waals surface area (Å²) in [4.78, 5) is 6.58. The van der Waals surface area contributed by atoms with Gasteiger partial charge in [0.25, 0.3) is 0 Å². The summed E-state index contributed by atoms with van der Waals surface area (Å²) in [5.74, 6) is 0. The molecule has 2 aliphatic rings. The second-order valence-electron chi connectivity index (χ2n) is 2.32. The Morgan fingerprint density at radius 2 is 2.78 bits per heavy atom. The molecule has 2 heterocycles. The molecule has 2 aliphatic heterocycles. The van der Waals surface area contributed by atoms with Gasteiger partial charge >= 0.3 is 0 Å². The molecule has 0 radical (unpaired) electrons. The molecule has 0 aromatic rings. The summed E-state index contributed by atoms with van der Waals surface area (Å²) in [6.45, 7) is 3.21. The summed E-state index contributed by atoms with van der Waals surface area (Å²) in [5.41, 5.74) is 0. The number of thioether (sulfide) groups is 1. The van der Waals surface area contributed by atoms with Crippen LogP contribution in [-0.2, 0) is 0 Å². The average molecular weight is 140 g/mol. The quantitative estimate of drug-likeness (QED) is 0.503. The molecule has 0 aromatic heterocycles. The maximum absolute atomic E-state index is 4.39. The van der Waals surface area contributed by atoms with Crippen molar-refractivity contribution < 1.29 is 0 Å². The van der Waals surface area contributed by atoms with Crippen molar-refractivity contribution in [2.24, 2.45) is 4.99 Å². The second-order valence-corrected chi connectivity index (χ2v) is 3.19. The number of hydrogen-bond donors (Lipinski definition) is 0. The Morgan fingerprint density at radius 1 is 1.89 bits per heavy atom. The molecular weight excluding hydrogens is 132 g/mol. The molecule has 9 heavy (non-hydrogen) atoms. The van der Waals surface area contributed by atoms with Crippen LogP contribution in [0.25, 0.3) is 0 Å². The Hall–Kier alpha value is -0.440.